The fraction of sp³-hybridized carbons (Fsp3) is 0.545. The molecule has 11 heteroatoms. The zero-order chi connectivity index (χ0) is 24.0. The van der Waals surface area contributed by atoms with Crippen molar-refractivity contribution in [1.82, 2.24) is 15.0 Å². The van der Waals surface area contributed by atoms with E-state index in [0.717, 1.165) is 5.69 Å². The Kier molecular flexibility index (Phi) is 7.62. The number of non-ortho nitro benzene ring substituents is 1. The lowest BCUT2D eigenvalue weighted by Gasteiger charge is -2.36. The number of nitro benzene ring substituents is 1. The summed E-state index contributed by atoms with van der Waals surface area (Å²) < 4.78 is 10.3. The topological polar surface area (TPSA) is 132 Å². The van der Waals surface area contributed by atoms with Gasteiger partial charge in [-0.05, 0) is 18.6 Å². The molecular formula is C22H29N5O6. The second kappa shape index (κ2) is 10.4. The third-order valence-electron chi connectivity index (χ3n) is 5.33. The number of carbonyl (C=O) groups excluding carboxylic acids is 2. The van der Waals surface area contributed by atoms with Crippen LogP contribution in [0.15, 0.2) is 28.8 Å². The minimum absolute atomic E-state index is 0.0427. The lowest BCUT2D eigenvalue weighted by Crippen LogP contribution is -2.49. The summed E-state index contributed by atoms with van der Waals surface area (Å²) in [6.07, 6.45) is 1.12. The highest BCUT2D eigenvalue weighted by Crippen LogP contribution is 2.21. The highest BCUT2D eigenvalue weighted by atomic mass is 16.6. The maximum absolute atomic E-state index is 12.4. The molecule has 2 heterocycles. The van der Waals surface area contributed by atoms with E-state index in [4.69, 9.17) is 9.26 Å². The Balaban J connectivity index is 1.35. The van der Waals surface area contributed by atoms with E-state index in [-0.39, 0.29) is 30.0 Å². The SMILES string of the molecule is CC(C)(C)c1noc(CCCC(=O)OCC(=O)N2CCN(c3ccc([N+](=O)[O-])cc3)CC2)n1. The number of ether oxygens (including phenoxy) is 1. The van der Waals surface area contributed by atoms with Crippen molar-refractivity contribution in [1.29, 1.82) is 0 Å². The van der Waals surface area contributed by atoms with Gasteiger partial charge in [-0.3, -0.25) is 19.7 Å². The molecule has 0 unspecified atom stereocenters. The van der Waals surface area contributed by atoms with Crippen LogP contribution in [-0.2, 0) is 26.2 Å². The first-order valence-electron chi connectivity index (χ1n) is 10.9. The minimum Gasteiger partial charge on any atom is -0.456 e. The molecule has 2 aromatic rings. The molecule has 1 aliphatic rings. The molecule has 0 atom stereocenters. The predicted molar refractivity (Wildman–Crippen MR) is 119 cm³/mol. The first-order valence-corrected chi connectivity index (χ1v) is 10.9. The van der Waals surface area contributed by atoms with Gasteiger partial charge in [-0.1, -0.05) is 25.9 Å². The second-order valence-electron chi connectivity index (χ2n) is 8.92. The van der Waals surface area contributed by atoms with Crippen molar-refractivity contribution >= 4 is 23.3 Å². The molecule has 0 radical (unpaired) electrons. The molecule has 1 saturated heterocycles. The number of aryl methyl sites for hydroxylation is 1. The predicted octanol–water partition coefficient (Wildman–Crippen LogP) is 2.49. The van der Waals surface area contributed by atoms with Gasteiger partial charge in [0, 0.05) is 62.3 Å². The van der Waals surface area contributed by atoms with Crippen LogP contribution < -0.4 is 4.90 Å². The summed E-state index contributed by atoms with van der Waals surface area (Å²) in [6, 6.07) is 6.34. The number of hydrogen-bond donors (Lipinski definition) is 0. The first kappa shape index (κ1) is 24.1. The average Bonchev–Trinajstić information content (AvgIpc) is 3.27. The Morgan fingerprint density at radius 3 is 2.39 bits per heavy atom. The van der Waals surface area contributed by atoms with Crippen LogP contribution in [0.5, 0.6) is 0 Å². The summed E-state index contributed by atoms with van der Waals surface area (Å²) >= 11 is 0. The van der Waals surface area contributed by atoms with Gasteiger partial charge in [-0.15, -0.1) is 0 Å². The monoisotopic (exact) mass is 459 g/mol. The van der Waals surface area contributed by atoms with Gasteiger partial charge in [0.15, 0.2) is 12.4 Å². The zero-order valence-corrected chi connectivity index (χ0v) is 19.2. The summed E-state index contributed by atoms with van der Waals surface area (Å²) in [5.41, 5.74) is 0.713. The van der Waals surface area contributed by atoms with Crippen molar-refractivity contribution in [3.63, 3.8) is 0 Å². The zero-order valence-electron chi connectivity index (χ0n) is 19.2. The van der Waals surface area contributed by atoms with Gasteiger partial charge in [-0.25, -0.2) is 0 Å². The Morgan fingerprint density at radius 1 is 1.15 bits per heavy atom. The van der Waals surface area contributed by atoms with Crippen molar-refractivity contribution in [3.8, 4) is 0 Å². The summed E-state index contributed by atoms with van der Waals surface area (Å²) in [6.45, 7) is 7.85. The standard InChI is InChI=1S/C22H29N5O6/c1-22(2,3)21-23-18(33-24-21)5-4-6-20(29)32-15-19(28)26-13-11-25(12-14-26)16-7-9-17(10-8-16)27(30)31/h7-10H,4-6,11-15H2,1-3H3. The maximum atomic E-state index is 12.4. The van der Waals surface area contributed by atoms with Crippen LogP contribution >= 0.6 is 0 Å². The number of nitro groups is 1. The molecule has 0 N–H and O–H groups in total. The Bertz CT molecular complexity index is 974. The molecule has 1 aliphatic heterocycles. The number of esters is 1. The average molecular weight is 460 g/mol. The van der Waals surface area contributed by atoms with Crippen molar-refractivity contribution in [2.24, 2.45) is 0 Å². The van der Waals surface area contributed by atoms with E-state index in [1.54, 1.807) is 17.0 Å². The molecule has 0 bridgehead atoms. The van der Waals surface area contributed by atoms with Crippen molar-refractivity contribution < 1.29 is 23.8 Å². The Labute approximate surface area is 191 Å². The number of aromatic nitrogens is 2. The normalized spacial score (nSPS) is 14.3. The number of amides is 1. The Morgan fingerprint density at radius 2 is 1.82 bits per heavy atom. The molecule has 0 aliphatic carbocycles. The molecule has 11 nitrogen and oxygen atoms in total. The number of carbonyl (C=O) groups is 2. The molecule has 1 aromatic carbocycles. The van der Waals surface area contributed by atoms with Crippen LogP contribution in [0.25, 0.3) is 0 Å². The summed E-state index contributed by atoms with van der Waals surface area (Å²) in [5, 5.41) is 14.7. The van der Waals surface area contributed by atoms with Gasteiger partial charge in [0.2, 0.25) is 5.89 Å². The number of rotatable bonds is 8. The number of benzene rings is 1. The summed E-state index contributed by atoms with van der Waals surface area (Å²) in [4.78, 5) is 42.7. The number of anilines is 1. The lowest BCUT2D eigenvalue weighted by atomic mass is 9.96. The van der Waals surface area contributed by atoms with Gasteiger partial charge >= 0.3 is 5.97 Å². The quantitative estimate of drug-likeness (QED) is 0.332. The molecule has 33 heavy (non-hydrogen) atoms. The number of nitrogens with zero attached hydrogens (tertiary/aromatic N) is 5. The van der Waals surface area contributed by atoms with Crippen molar-refractivity contribution in [3.05, 3.63) is 46.1 Å². The maximum Gasteiger partial charge on any atom is 0.306 e. The van der Waals surface area contributed by atoms with Crippen LogP contribution in [0, 0.1) is 10.1 Å². The van der Waals surface area contributed by atoms with Crippen molar-refractivity contribution in [2.45, 2.75) is 45.4 Å². The van der Waals surface area contributed by atoms with E-state index in [1.165, 1.54) is 12.1 Å². The van der Waals surface area contributed by atoms with Gasteiger partial charge in [0.1, 0.15) is 0 Å². The van der Waals surface area contributed by atoms with E-state index in [9.17, 15) is 19.7 Å². The molecule has 1 aromatic heterocycles. The van der Waals surface area contributed by atoms with Crippen LogP contribution in [0.2, 0.25) is 0 Å². The highest BCUT2D eigenvalue weighted by molar-refractivity contribution is 5.81. The van der Waals surface area contributed by atoms with Gasteiger partial charge in [0.05, 0.1) is 4.92 Å². The molecular weight excluding hydrogens is 430 g/mol. The molecule has 3 rings (SSSR count). The van der Waals surface area contributed by atoms with Crippen LogP contribution in [-0.4, -0.2) is 64.6 Å². The van der Waals surface area contributed by atoms with Gasteiger partial charge < -0.3 is 19.1 Å². The van der Waals surface area contributed by atoms with E-state index in [2.05, 4.69) is 15.0 Å². The third-order valence-corrected chi connectivity index (χ3v) is 5.33. The molecule has 0 saturated carbocycles. The molecule has 178 valence electrons. The molecule has 1 fully saturated rings. The van der Waals surface area contributed by atoms with E-state index in [1.807, 2.05) is 20.8 Å². The van der Waals surface area contributed by atoms with E-state index >= 15 is 0 Å². The summed E-state index contributed by atoms with van der Waals surface area (Å²) in [5.74, 6) is 0.427. The molecule has 1 amide bonds. The first-order chi connectivity index (χ1) is 15.6. The largest absolute Gasteiger partial charge is 0.456 e. The fourth-order valence-corrected chi connectivity index (χ4v) is 3.35. The van der Waals surface area contributed by atoms with E-state index in [0.29, 0.717) is 50.7 Å². The lowest BCUT2D eigenvalue weighted by molar-refractivity contribution is -0.384. The summed E-state index contributed by atoms with van der Waals surface area (Å²) in [7, 11) is 0. The van der Waals surface area contributed by atoms with Gasteiger partial charge in [-0.2, -0.15) is 4.98 Å². The van der Waals surface area contributed by atoms with Crippen molar-refractivity contribution in [2.75, 3.05) is 37.7 Å². The number of piperazine rings is 1. The van der Waals surface area contributed by atoms with Crippen LogP contribution in [0.4, 0.5) is 11.4 Å². The minimum atomic E-state index is -0.441. The van der Waals surface area contributed by atoms with Crippen LogP contribution in [0.1, 0.15) is 45.3 Å². The fourth-order valence-electron chi connectivity index (χ4n) is 3.35. The third kappa shape index (κ3) is 6.74. The highest BCUT2D eigenvalue weighted by Gasteiger charge is 2.23. The van der Waals surface area contributed by atoms with E-state index < -0.39 is 10.9 Å². The smallest absolute Gasteiger partial charge is 0.306 e. The second-order valence-corrected chi connectivity index (χ2v) is 8.92. The van der Waals surface area contributed by atoms with Gasteiger partial charge in [0.25, 0.3) is 11.6 Å². The molecule has 0 spiro atoms. The van der Waals surface area contributed by atoms with Crippen LogP contribution in [0.3, 0.4) is 0 Å². The Hall–Kier alpha value is -3.50. The number of hydrogen-bond acceptors (Lipinski definition) is 9.